The zero-order valence-corrected chi connectivity index (χ0v) is 11.5. The van der Waals surface area contributed by atoms with E-state index in [1.54, 1.807) is 6.07 Å². The fourth-order valence-corrected chi connectivity index (χ4v) is 2.62. The van der Waals surface area contributed by atoms with Crippen LogP contribution in [0.25, 0.3) is 0 Å². The molecule has 1 aromatic rings. The van der Waals surface area contributed by atoms with E-state index in [9.17, 15) is 18.0 Å². The monoisotopic (exact) mass is 285 g/mol. The molecule has 0 heterocycles. The maximum atomic E-state index is 11.7. The van der Waals surface area contributed by atoms with Crippen molar-refractivity contribution in [2.75, 3.05) is 12.8 Å². The van der Waals surface area contributed by atoms with Crippen LogP contribution in [0, 0.1) is 0 Å². The lowest BCUT2D eigenvalue weighted by Crippen LogP contribution is -2.29. The average molecular weight is 285 g/mol. The van der Waals surface area contributed by atoms with E-state index in [4.69, 9.17) is 5.11 Å². The maximum Gasteiger partial charge on any atom is 0.322 e. The number of sulfone groups is 1. The number of nitrogens with one attached hydrogen (secondary N) is 1. The van der Waals surface area contributed by atoms with Crippen molar-refractivity contribution in [1.82, 2.24) is 5.32 Å². The number of aryl methyl sites for hydroxylation is 1. The Kier molecular flexibility index (Phi) is 4.66. The van der Waals surface area contributed by atoms with Gasteiger partial charge >= 0.3 is 5.97 Å². The molecule has 2 N–H and O–H groups in total. The molecule has 0 aromatic heterocycles. The van der Waals surface area contributed by atoms with E-state index in [-0.39, 0.29) is 10.5 Å². The lowest BCUT2D eigenvalue weighted by molar-refractivity contribution is -0.135. The second kappa shape index (κ2) is 5.83. The predicted molar refractivity (Wildman–Crippen MR) is 68.9 cm³/mol. The molecule has 19 heavy (non-hydrogen) atoms. The number of hydrogen-bond acceptors (Lipinski definition) is 4. The van der Waals surface area contributed by atoms with Gasteiger partial charge in [0, 0.05) is 11.8 Å². The van der Waals surface area contributed by atoms with Gasteiger partial charge in [-0.05, 0) is 24.1 Å². The molecule has 0 aliphatic carbocycles. The molecule has 0 saturated carbocycles. The van der Waals surface area contributed by atoms with Crippen molar-refractivity contribution in [3.63, 3.8) is 0 Å². The van der Waals surface area contributed by atoms with Crippen LogP contribution in [0.4, 0.5) is 0 Å². The molecule has 6 nitrogen and oxygen atoms in total. The number of carbonyl (C=O) groups is 2. The maximum absolute atomic E-state index is 11.7. The Morgan fingerprint density at radius 3 is 2.42 bits per heavy atom. The van der Waals surface area contributed by atoms with Crippen molar-refractivity contribution in [2.24, 2.45) is 0 Å². The number of carbonyl (C=O) groups excluding carboxylic acids is 1. The second-order valence-electron chi connectivity index (χ2n) is 4.02. The first-order valence-electron chi connectivity index (χ1n) is 5.58. The number of aliphatic carboxylic acids is 1. The Morgan fingerprint density at radius 1 is 1.32 bits per heavy atom. The number of rotatable bonds is 5. The highest BCUT2D eigenvalue weighted by molar-refractivity contribution is 7.90. The van der Waals surface area contributed by atoms with Gasteiger partial charge < -0.3 is 10.4 Å². The van der Waals surface area contributed by atoms with Crippen LogP contribution >= 0.6 is 0 Å². The number of carboxylic acids is 1. The Balaban J connectivity index is 3.12. The molecule has 7 heteroatoms. The van der Waals surface area contributed by atoms with E-state index in [0.717, 1.165) is 6.26 Å². The first-order valence-corrected chi connectivity index (χ1v) is 7.47. The molecule has 0 bridgehead atoms. The molecule has 0 spiro atoms. The van der Waals surface area contributed by atoms with E-state index in [0.29, 0.717) is 12.0 Å². The zero-order valence-electron chi connectivity index (χ0n) is 10.6. The Bertz CT molecular complexity index is 607. The molecule has 1 amide bonds. The van der Waals surface area contributed by atoms with Crippen LogP contribution in [0.3, 0.4) is 0 Å². The van der Waals surface area contributed by atoms with E-state index in [1.165, 1.54) is 12.1 Å². The first kappa shape index (κ1) is 15.2. The molecule has 0 aliphatic heterocycles. The summed E-state index contributed by atoms with van der Waals surface area (Å²) in [4.78, 5) is 22.1. The van der Waals surface area contributed by atoms with Gasteiger partial charge in [-0.25, -0.2) is 8.42 Å². The number of hydrogen-bond donors (Lipinski definition) is 2. The summed E-state index contributed by atoms with van der Waals surface area (Å²) in [5, 5.41) is 10.6. The highest BCUT2D eigenvalue weighted by Crippen LogP contribution is 2.18. The highest BCUT2D eigenvalue weighted by atomic mass is 32.2. The van der Waals surface area contributed by atoms with Crippen molar-refractivity contribution in [3.05, 3.63) is 29.3 Å². The van der Waals surface area contributed by atoms with Gasteiger partial charge in [-0.2, -0.15) is 0 Å². The summed E-state index contributed by atoms with van der Waals surface area (Å²) in [5.74, 6) is -1.78. The molecular formula is C12H15NO5S. The van der Waals surface area contributed by atoms with Crippen molar-refractivity contribution in [3.8, 4) is 0 Å². The van der Waals surface area contributed by atoms with Crippen LogP contribution < -0.4 is 5.32 Å². The molecule has 0 unspecified atom stereocenters. The van der Waals surface area contributed by atoms with Gasteiger partial charge in [-0.15, -0.1) is 0 Å². The van der Waals surface area contributed by atoms with Crippen LogP contribution in [-0.2, 0) is 21.1 Å². The van der Waals surface area contributed by atoms with Gasteiger partial charge in [0.05, 0.1) is 4.90 Å². The zero-order chi connectivity index (χ0) is 14.6. The van der Waals surface area contributed by atoms with Gasteiger partial charge in [-0.3, -0.25) is 9.59 Å². The van der Waals surface area contributed by atoms with Gasteiger partial charge in [0.2, 0.25) is 0 Å². The van der Waals surface area contributed by atoms with Crippen LogP contribution in [-0.4, -0.2) is 38.2 Å². The quantitative estimate of drug-likeness (QED) is 0.819. The topological polar surface area (TPSA) is 101 Å². The van der Waals surface area contributed by atoms with Gasteiger partial charge in [0.15, 0.2) is 9.84 Å². The molecule has 0 saturated heterocycles. The summed E-state index contributed by atoms with van der Waals surface area (Å²) in [5.41, 5.74) is 0.746. The summed E-state index contributed by atoms with van der Waals surface area (Å²) in [6.45, 7) is 1.30. The number of carboxylic acid groups (broad SMARTS) is 1. The van der Waals surface area contributed by atoms with Gasteiger partial charge in [-0.1, -0.05) is 13.0 Å². The van der Waals surface area contributed by atoms with Crippen LogP contribution in [0.5, 0.6) is 0 Å². The molecule has 104 valence electrons. The third-order valence-electron chi connectivity index (χ3n) is 2.51. The summed E-state index contributed by atoms with van der Waals surface area (Å²) >= 11 is 0. The van der Waals surface area contributed by atoms with E-state index < -0.39 is 28.3 Å². The molecular weight excluding hydrogens is 270 g/mol. The molecule has 0 radical (unpaired) electrons. The Labute approximate surface area is 111 Å². The normalized spacial score (nSPS) is 11.1. The first-order chi connectivity index (χ1) is 8.75. The average Bonchev–Trinajstić information content (AvgIpc) is 2.34. The molecule has 0 atom stereocenters. The lowest BCUT2D eigenvalue weighted by atomic mass is 10.1. The fraction of sp³-hybridized carbons (Fsp3) is 0.333. The fourth-order valence-electron chi connectivity index (χ4n) is 1.59. The van der Waals surface area contributed by atoms with Crippen LogP contribution in [0.2, 0.25) is 0 Å². The molecule has 0 fully saturated rings. The smallest absolute Gasteiger partial charge is 0.322 e. The van der Waals surface area contributed by atoms with Crippen molar-refractivity contribution >= 4 is 21.7 Å². The summed E-state index contributed by atoms with van der Waals surface area (Å²) < 4.78 is 23.3. The van der Waals surface area contributed by atoms with Crippen molar-refractivity contribution < 1.29 is 23.1 Å². The summed E-state index contributed by atoms with van der Waals surface area (Å²) in [7, 11) is -3.43. The molecule has 1 aromatic carbocycles. The van der Waals surface area contributed by atoms with E-state index >= 15 is 0 Å². The number of amides is 1. The summed E-state index contributed by atoms with van der Waals surface area (Å²) in [6.07, 6.45) is 1.60. The largest absolute Gasteiger partial charge is 0.480 e. The Morgan fingerprint density at radius 2 is 1.95 bits per heavy atom. The SMILES string of the molecule is CCc1ccc(C(=O)NCC(=O)O)cc1S(C)(=O)=O. The van der Waals surface area contributed by atoms with Crippen molar-refractivity contribution in [1.29, 1.82) is 0 Å². The molecule has 0 aliphatic rings. The Hall–Kier alpha value is -1.89. The highest BCUT2D eigenvalue weighted by Gasteiger charge is 2.16. The minimum absolute atomic E-state index is 0.0953. The van der Waals surface area contributed by atoms with Gasteiger partial charge in [0.1, 0.15) is 6.54 Å². The minimum atomic E-state index is -3.43. The van der Waals surface area contributed by atoms with Crippen LogP contribution in [0.1, 0.15) is 22.8 Å². The summed E-state index contributed by atoms with van der Waals surface area (Å²) in [6, 6.07) is 4.31. The number of benzene rings is 1. The van der Waals surface area contributed by atoms with Crippen LogP contribution in [0.15, 0.2) is 23.1 Å². The minimum Gasteiger partial charge on any atom is -0.480 e. The standard InChI is InChI=1S/C12H15NO5S/c1-3-8-4-5-9(6-10(8)19(2,17)18)12(16)13-7-11(14)15/h4-6H,3,7H2,1-2H3,(H,13,16)(H,14,15). The van der Waals surface area contributed by atoms with E-state index in [2.05, 4.69) is 5.32 Å². The second-order valence-corrected chi connectivity index (χ2v) is 6.01. The molecule has 1 rings (SSSR count). The van der Waals surface area contributed by atoms with E-state index in [1.807, 2.05) is 6.92 Å². The lowest BCUT2D eigenvalue weighted by Gasteiger charge is -2.09. The third-order valence-corrected chi connectivity index (χ3v) is 3.69. The predicted octanol–water partition coefficient (Wildman–Crippen LogP) is 0.467. The van der Waals surface area contributed by atoms with Crippen molar-refractivity contribution in [2.45, 2.75) is 18.2 Å². The third kappa shape index (κ3) is 4.06. The van der Waals surface area contributed by atoms with Gasteiger partial charge in [0.25, 0.3) is 5.91 Å².